The maximum Gasteiger partial charge on any atom is 0.249 e. The molecule has 0 unspecified atom stereocenters. The van der Waals surface area contributed by atoms with Crippen LogP contribution in [0, 0.1) is 11.7 Å². The lowest BCUT2D eigenvalue weighted by molar-refractivity contribution is -0.133. The minimum atomic E-state index is -0.530. The molecule has 21 heavy (non-hydrogen) atoms. The van der Waals surface area contributed by atoms with E-state index in [9.17, 15) is 9.18 Å². The predicted molar refractivity (Wildman–Crippen MR) is 79.8 cm³/mol. The fourth-order valence-corrected chi connectivity index (χ4v) is 1.78. The number of methoxy groups -OCH3 is 1. The predicted octanol–water partition coefficient (Wildman–Crippen LogP) is 3.07. The number of carbonyl (C=O) groups excluding carboxylic acids is 1. The minimum absolute atomic E-state index is 0.186. The molecular weight excluding hydrogens is 273 g/mol. The summed E-state index contributed by atoms with van der Waals surface area (Å²) in [7, 11) is 1.41. The second-order valence-corrected chi connectivity index (χ2v) is 5.49. The zero-order chi connectivity index (χ0) is 16.0. The molecule has 0 aliphatic heterocycles. The van der Waals surface area contributed by atoms with Crippen molar-refractivity contribution in [2.45, 2.75) is 39.8 Å². The van der Waals surface area contributed by atoms with E-state index in [4.69, 9.17) is 9.47 Å². The summed E-state index contributed by atoms with van der Waals surface area (Å²) >= 11 is 0. The third-order valence-corrected chi connectivity index (χ3v) is 3.08. The monoisotopic (exact) mass is 297 g/mol. The van der Waals surface area contributed by atoms with Crippen LogP contribution in [0.25, 0.3) is 0 Å². The van der Waals surface area contributed by atoms with Crippen LogP contribution in [0.5, 0.6) is 5.75 Å². The fraction of sp³-hybridized carbons (Fsp3) is 0.562. The molecule has 0 bridgehead atoms. The van der Waals surface area contributed by atoms with E-state index in [0.717, 1.165) is 0 Å². The zero-order valence-corrected chi connectivity index (χ0v) is 13.3. The highest BCUT2D eigenvalue weighted by Crippen LogP contribution is 2.21. The molecule has 1 amide bonds. The molecule has 0 aliphatic carbocycles. The Morgan fingerprint density at radius 3 is 2.48 bits per heavy atom. The van der Waals surface area contributed by atoms with Gasteiger partial charge in [0, 0.05) is 6.61 Å². The number of nitrogens with one attached hydrogen (secondary N) is 1. The van der Waals surface area contributed by atoms with E-state index < -0.39 is 11.9 Å². The Morgan fingerprint density at radius 2 is 1.95 bits per heavy atom. The summed E-state index contributed by atoms with van der Waals surface area (Å²) in [6.07, 6.45) is -0.530. The molecule has 0 heterocycles. The Morgan fingerprint density at radius 1 is 1.29 bits per heavy atom. The summed E-state index contributed by atoms with van der Waals surface area (Å²) in [4.78, 5) is 12.0. The Balaban J connectivity index is 2.61. The van der Waals surface area contributed by atoms with E-state index in [-0.39, 0.29) is 17.7 Å². The van der Waals surface area contributed by atoms with Gasteiger partial charge in [-0.2, -0.15) is 0 Å². The fourth-order valence-electron chi connectivity index (χ4n) is 1.78. The number of halogens is 1. The van der Waals surface area contributed by atoms with E-state index in [1.165, 1.54) is 13.2 Å². The van der Waals surface area contributed by atoms with Gasteiger partial charge in [-0.3, -0.25) is 4.79 Å². The van der Waals surface area contributed by atoms with Crippen LogP contribution in [0.4, 0.5) is 4.39 Å². The molecule has 0 fully saturated rings. The highest BCUT2D eigenvalue weighted by Gasteiger charge is 2.18. The van der Waals surface area contributed by atoms with Gasteiger partial charge in [0.2, 0.25) is 5.91 Å². The largest absolute Gasteiger partial charge is 0.494 e. The Bertz CT molecular complexity index is 477. The SMILES string of the molecule is COc1ccc([C@H](C)NC(=O)[C@H](C)OCC(C)C)cc1F. The van der Waals surface area contributed by atoms with Gasteiger partial charge >= 0.3 is 0 Å². The molecular formula is C16H24FNO3. The van der Waals surface area contributed by atoms with E-state index in [2.05, 4.69) is 5.32 Å². The summed E-state index contributed by atoms with van der Waals surface area (Å²) < 4.78 is 24.0. The molecule has 5 heteroatoms. The van der Waals surface area contributed by atoms with Crippen molar-refractivity contribution in [2.24, 2.45) is 5.92 Å². The second-order valence-electron chi connectivity index (χ2n) is 5.49. The normalized spacial score (nSPS) is 13.9. The highest BCUT2D eigenvalue weighted by molar-refractivity contribution is 5.80. The Hall–Kier alpha value is -1.62. The molecule has 118 valence electrons. The molecule has 0 spiro atoms. The molecule has 0 aromatic heterocycles. The lowest BCUT2D eigenvalue weighted by Crippen LogP contribution is -2.36. The van der Waals surface area contributed by atoms with Crippen molar-refractivity contribution in [1.82, 2.24) is 5.32 Å². The summed E-state index contributed by atoms with van der Waals surface area (Å²) in [5.41, 5.74) is 0.678. The van der Waals surface area contributed by atoms with Crippen molar-refractivity contribution in [1.29, 1.82) is 0 Å². The Labute approximate surface area is 125 Å². The maximum atomic E-state index is 13.7. The smallest absolute Gasteiger partial charge is 0.249 e. The molecule has 4 nitrogen and oxygen atoms in total. The first-order valence-electron chi connectivity index (χ1n) is 7.10. The minimum Gasteiger partial charge on any atom is -0.494 e. The summed E-state index contributed by atoms with van der Waals surface area (Å²) in [5, 5.41) is 2.81. The number of hydrogen-bond donors (Lipinski definition) is 1. The average Bonchev–Trinajstić information content (AvgIpc) is 2.44. The number of carbonyl (C=O) groups is 1. The van der Waals surface area contributed by atoms with Crippen molar-refractivity contribution in [2.75, 3.05) is 13.7 Å². The second kappa shape index (κ2) is 7.98. The van der Waals surface area contributed by atoms with E-state index in [1.807, 2.05) is 13.8 Å². The van der Waals surface area contributed by atoms with Crippen LogP contribution in [0.3, 0.4) is 0 Å². The number of hydrogen-bond acceptors (Lipinski definition) is 3. The standard InChI is InChI=1S/C16H24FNO3/c1-10(2)9-21-12(4)16(19)18-11(3)13-6-7-15(20-5)14(17)8-13/h6-8,10-12H,9H2,1-5H3,(H,18,19)/t11-,12-/m0/s1. The number of amides is 1. The van der Waals surface area contributed by atoms with E-state index in [0.29, 0.717) is 18.1 Å². The van der Waals surface area contributed by atoms with Crippen LogP contribution in [0.15, 0.2) is 18.2 Å². The third-order valence-electron chi connectivity index (χ3n) is 3.08. The molecule has 2 atom stereocenters. The quantitative estimate of drug-likeness (QED) is 0.841. The van der Waals surface area contributed by atoms with Gasteiger partial charge in [-0.25, -0.2) is 4.39 Å². The van der Waals surface area contributed by atoms with Crippen LogP contribution in [0.1, 0.15) is 39.3 Å². The average molecular weight is 297 g/mol. The van der Waals surface area contributed by atoms with Gasteiger partial charge in [-0.1, -0.05) is 19.9 Å². The van der Waals surface area contributed by atoms with Crippen molar-refractivity contribution in [3.63, 3.8) is 0 Å². The summed E-state index contributed by atoms with van der Waals surface area (Å²) in [6, 6.07) is 4.34. The number of ether oxygens (including phenoxy) is 2. The van der Waals surface area contributed by atoms with Gasteiger partial charge in [0.05, 0.1) is 13.2 Å². The highest BCUT2D eigenvalue weighted by atomic mass is 19.1. The lowest BCUT2D eigenvalue weighted by Gasteiger charge is -2.19. The van der Waals surface area contributed by atoms with Crippen LogP contribution in [0.2, 0.25) is 0 Å². The van der Waals surface area contributed by atoms with Gasteiger partial charge in [0.25, 0.3) is 0 Å². The number of rotatable bonds is 7. The van der Waals surface area contributed by atoms with Crippen LogP contribution in [-0.4, -0.2) is 25.7 Å². The van der Waals surface area contributed by atoms with E-state index >= 15 is 0 Å². The van der Waals surface area contributed by atoms with Crippen molar-refractivity contribution in [3.8, 4) is 5.75 Å². The van der Waals surface area contributed by atoms with Crippen molar-refractivity contribution >= 4 is 5.91 Å². The third kappa shape index (κ3) is 5.34. The molecule has 0 saturated carbocycles. The topological polar surface area (TPSA) is 47.6 Å². The zero-order valence-electron chi connectivity index (χ0n) is 13.3. The van der Waals surface area contributed by atoms with Crippen LogP contribution < -0.4 is 10.1 Å². The van der Waals surface area contributed by atoms with Gasteiger partial charge in [0.1, 0.15) is 6.10 Å². The van der Waals surface area contributed by atoms with Crippen molar-refractivity contribution in [3.05, 3.63) is 29.6 Å². The first-order valence-corrected chi connectivity index (χ1v) is 7.10. The maximum absolute atomic E-state index is 13.7. The lowest BCUT2D eigenvalue weighted by atomic mass is 10.1. The van der Waals surface area contributed by atoms with Gasteiger partial charge in [0.15, 0.2) is 11.6 Å². The van der Waals surface area contributed by atoms with Crippen LogP contribution >= 0.6 is 0 Å². The Kier molecular flexibility index (Phi) is 6.62. The first kappa shape index (κ1) is 17.4. The molecule has 0 radical (unpaired) electrons. The number of benzene rings is 1. The molecule has 0 saturated heterocycles. The van der Waals surface area contributed by atoms with Crippen LogP contribution in [-0.2, 0) is 9.53 Å². The molecule has 1 aromatic carbocycles. The van der Waals surface area contributed by atoms with Gasteiger partial charge in [-0.15, -0.1) is 0 Å². The summed E-state index contributed by atoms with van der Waals surface area (Å²) in [6.45, 7) is 8.08. The van der Waals surface area contributed by atoms with Gasteiger partial charge < -0.3 is 14.8 Å². The van der Waals surface area contributed by atoms with E-state index in [1.54, 1.807) is 26.0 Å². The van der Waals surface area contributed by atoms with Gasteiger partial charge in [-0.05, 0) is 37.5 Å². The first-order chi connectivity index (χ1) is 9.85. The summed E-state index contributed by atoms with van der Waals surface area (Å²) in [5.74, 6) is -0.0983. The molecule has 1 N–H and O–H groups in total. The van der Waals surface area contributed by atoms with Crippen molar-refractivity contribution < 1.29 is 18.7 Å². The molecule has 0 aliphatic rings. The molecule has 1 aromatic rings. The molecule has 1 rings (SSSR count).